The summed E-state index contributed by atoms with van der Waals surface area (Å²) in [5, 5.41) is 11.0. The van der Waals surface area contributed by atoms with Crippen LogP contribution < -0.4 is 9.47 Å². The summed E-state index contributed by atoms with van der Waals surface area (Å²) in [5.41, 5.74) is -0.407. The molecule has 0 atom stereocenters. The Morgan fingerprint density at radius 2 is 1.96 bits per heavy atom. The van der Waals surface area contributed by atoms with Crippen LogP contribution in [0.25, 0.3) is 0 Å². The smallest absolute Gasteiger partial charge is 0.315 e. The van der Waals surface area contributed by atoms with Gasteiger partial charge >= 0.3 is 11.7 Å². The molecule has 6 nitrogen and oxygen atoms in total. The van der Waals surface area contributed by atoms with Crippen molar-refractivity contribution in [3.63, 3.8) is 0 Å². The van der Waals surface area contributed by atoms with Crippen LogP contribution in [0.15, 0.2) is 36.4 Å². The van der Waals surface area contributed by atoms with Crippen LogP contribution in [0.4, 0.5) is 14.5 Å². The van der Waals surface area contributed by atoms with Crippen LogP contribution in [-0.2, 0) is 11.2 Å². The summed E-state index contributed by atoms with van der Waals surface area (Å²) < 4.78 is 36.4. The summed E-state index contributed by atoms with van der Waals surface area (Å²) in [4.78, 5) is 22.1. The van der Waals surface area contributed by atoms with Crippen LogP contribution in [0, 0.1) is 21.7 Å². The Morgan fingerprint density at radius 1 is 1.21 bits per heavy atom. The van der Waals surface area contributed by atoms with Gasteiger partial charge in [0.15, 0.2) is 0 Å². The first-order valence-electron chi connectivity index (χ1n) is 6.87. The van der Waals surface area contributed by atoms with E-state index in [0.717, 1.165) is 24.3 Å². The van der Waals surface area contributed by atoms with E-state index < -0.39 is 28.2 Å². The van der Waals surface area contributed by atoms with Crippen molar-refractivity contribution in [3.05, 3.63) is 63.7 Å². The lowest BCUT2D eigenvalue weighted by molar-refractivity contribution is -0.385. The van der Waals surface area contributed by atoms with Gasteiger partial charge in [0.05, 0.1) is 24.5 Å². The predicted octanol–water partition coefficient (Wildman–Crippen LogP) is 3.42. The van der Waals surface area contributed by atoms with Gasteiger partial charge in [-0.25, -0.2) is 8.78 Å². The maximum absolute atomic E-state index is 13.5. The number of esters is 1. The van der Waals surface area contributed by atoms with E-state index in [1.807, 2.05) is 0 Å². The highest BCUT2D eigenvalue weighted by Crippen LogP contribution is 2.31. The van der Waals surface area contributed by atoms with Crippen molar-refractivity contribution in [1.29, 1.82) is 0 Å². The molecule has 0 radical (unpaired) electrons. The zero-order valence-electron chi connectivity index (χ0n) is 12.6. The van der Waals surface area contributed by atoms with Crippen molar-refractivity contribution >= 4 is 11.7 Å². The normalized spacial score (nSPS) is 10.3. The van der Waals surface area contributed by atoms with E-state index in [0.29, 0.717) is 0 Å². The molecule has 0 N–H and O–H groups in total. The number of nitro benzene ring substituents is 1. The van der Waals surface area contributed by atoms with E-state index in [1.165, 1.54) is 19.2 Å². The fourth-order valence-corrected chi connectivity index (χ4v) is 2.00. The molecule has 2 aromatic carbocycles. The lowest BCUT2D eigenvalue weighted by Gasteiger charge is -2.07. The molecule has 0 saturated carbocycles. The van der Waals surface area contributed by atoms with Crippen molar-refractivity contribution in [2.45, 2.75) is 12.8 Å². The molecule has 0 aliphatic carbocycles. The summed E-state index contributed by atoms with van der Waals surface area (Å²) in [6.07, 6.45) is -0.351. The molecule has 0 aliphatic heterocycles. The minimum Gasteiger partial charge on any atom is -0.496 e. The van der Waals surface area contributed by atoms with E-state index in [9.17, 15) is 23.7 Å². The van der Waals surface area contributed by atoms with Gasteiger partial charge in [-0.1, -0.05) is 0 Å². The van der Waals surface area contributed by atoms with Gasteiger partial charge in [0, 0.05) is 0 Å². The molecule has 0 heterocycles. The molecule has 0 fully saturated rings. The molecule has 0 amide bonds. The Balaban J connectivity index is 2.07. The topological polar surface area (TPSA) is 78.7 Å². The first-order chi connectivity index (χ1) is 11.4. The number of rotatable bonds is 6. The van der Waals surface area contributed by atoms with Gasteiger partial charge in [0.2, 0.25) is 5.75 Å². The number of carbonyl (C=O) groups is 1. The van der Waals surface area contributed by atoms with Crippen molar-refractivity contribution in [2.75, 3.05) is 7.11 Å². The van der Waals surface area contributed by atoms with Crippen LogP contribution in [0.2, 0.25) is 0 Å². The molecule has 24 heavy (non-hydrogen) atoms. The average molecular weight is 337 g/mol. The van der Waals surface area contributed by atoms with Crippen molar-refractivity contribution in [2.24, 2.45) is 0 Å². The van der Waals surface area contributed by atoms with Gasteiger partial charge in [-0.05, 0) is 42.3 Å². The van der Waals surface area contributed by atoms with Gasteiger partial charge in [-0.3, -0.25) is 14.9 Å². The highest BCUT2D eigenvalue weighted by Gasteiger charge is 2.19. The monoisotopic (exact) mass is 337 g/mol. The van der Waals surface area contributed by atoms with Gasteiger partial charge in [0.1, 0.15) is 17.4 Å². The number of halogens is 2. The van der Waals surface area contributed by atoms with Gasteiger partial charge < -0.3 is 9.47 Å². The minimum absolute atomic E-state index is 0.0242. The van der Waals surface area contributed by atoms with Gasteiger partial charge in [0.25, 0.3) is 0 Å². The van der Waals surface area contributed by atoms with Crippen LogP contribution in [-0.4, -0.2) is 18.0 Å². The summed E-state index contributed by atoms with van der Waals surface area (Å²) in [7, 11) is 1.35. The molecule has 2 rings (SSSR count). The first kappa shape index (κ1) is 17.3. The van der Waals surface area contributed by atoms with Crippen LogP contribution in [0.5, 0.6) is 11.5 Å². The number of aryl methyl sites for hydroxylation is 1. The fourth-order valence-electron chi connectivity index (χ4n) is 2.00. The highest BCUT2D eigenvalue weighted by atomic mass is 19.1. The number of carbonyl (C=O) groups excluding carboxylic acids is 1. The molecule has 0 bridgehead atoms. The standard InChI is InChI=1S/C16H13F2NO5/c1-23-12-4-6-15(14(9-12)19(21)22)24-16(20)7-2-10-8-11(17)3-5-13(10)18/h3-6,8-9H,2,7H2,1H3. The lowest BCUT2D eigenvalue weighted by Crippen LogP contribution is -2.11. The summed E-state index contributed by atoms with van der Waals surface area (Å²) in [5.74, 6) is -2.06. The van der Waals surface area contributed by atoms with E-state index in [1.54, 1.807) is 0 Å². The second kappa shape index (κ2) is 7.49. The second-order valence-corrected chi connectivity index (χ2v) is 4.80. The summed E-state index contributed by atoms with van der Waals surface area (Å²) in [6.45, 7) is 0. The Labute approximate surface area is 135 Å². The SMILES string of the molecule is COc1ccc(OC(=O)CCc2cc(F)ccc2F)c([N+](=O)[O-])c1. The van der Waals surface area contributed by atoms with Crippen LogP contribution >= 0.6 is 0 Å². The number of hydrogen-bond acceptors (Lipinski definition) is 5. The molecular weight excluding hydrogens is 324 g/mol. The van der Waals surface area contributed by atoms with E-state index in [4.69, 9.17) is 9.47 Å². The van der Waals surface area contributed by atoms with Crippen molar-refractivity contribution in [3.8, 4) is 11.5 Å². The zero-order valence-corrected chi connectivity index (χ0v) is 12.6. The molecular formula is C16H13F2NO5. The summed E-state index contributed by atoms with van der Waals surface area (Å²) >= 11 is 0. The second-order valence-electron chi connectivity index (χ2n) is 4.80. The predicted molar refractivity (Wildman–Crippen MR) is 80.0 cm³/mol. The molecule has 0 saturated heterocycles. The Morgan fingerprint density at radius 3 is 2.62 bits per heavy atom. The third kappa shape index (κ3) is 4.25. The maximum Gasteiger partial charge on any atom is 0.315 e. The Kier molecular flexibility index (Phi) is 5.41. The van der Waals surface area contributed by atoms with Crippen molar-refractivity contribution in [1.82, 2.24) is 0 Å². The van der Waals surface area contributed by atoms with Gasteiger partial charge in [-0.2, -0.15) is 0 Å². The molecule has 8 heteroatoms. The third-order valence-corrected chi connectivity index (χ3v) is 3.19. The molecule has 0 aromatic heterocycles. The van der Waals surface area contributed by atoms with E-state index in [2.05, 4.69) is 0 Å². The average Bonchev–Trinajstić information content (AvgIpc) is 2.55. The summed E-state index contributed by atoms with van der Waals surface area (Å²) in [6, 6.07) is 6.68. The number of methoxy groups -OCH3 is 1. The van der Waals surface area contributed by atoms with Crippen LogP contribution in [0.3, 0.4) is 0 Å². The Hall–Kier alpha value is -3.03. The quantitative estimate of drug-likeness (QED) is 0.349. The molecule has 0 spiro atoms. The largest absolute Gasteiger partial charge is 0.496 e. The van der Waals surface area contributed by atoms with E-state index in [-0.39, 0.29) is 29.9 Å². The number of ether oxygens (including phenoxy) is 2. The van der Waals surface area contributed by atoms with Crippen molar-refractivity contribution < 1.29 is 28.0 Å². The molecule has 0 unspecified atom stereocenters. The number of nitrogens with zero attached hydrogens (tertiary/aromatic N) is 1. The fraction of sp³-hybridized carbons (Fsp3) is 0.188. The zero-order chi connectivity index (χ0) is 17.7. The van der Waals surface area contributed by atoms with Gasteiger partial charge in [-0.15, -0.1) is 0 Å². The first-order valence-corrected chi connectivity index (χ1v) is 6.87. The minimum atomic E-state index is -0.799. The third-order valence-electron chi connectivity index (χ3n) is 3.19. The molecule has 126 valence electrons. The number of hydrogen-bond donors (Lipinski definition) is 0. The number of nitro groups is 1. The van der Waals surface area contributed by atoms with E-state index >= 15 is 0 Å². The van der Waals surface area contributed by atoms with Crippen LogP contribution in [0.1, 0.15) is 12.0 Å². The highest BCUT2D eigenvalue weighted by molar-refractivity contribution is 5.74. The maximum atomic E-state index is 13.5. The Bertz CT molecular complexity index is 779. The number of benzene rings is 2. The lowest BCUT2D eigenvalue weighted by atomic mass is 10.1. The molecule has 2 aromatic rings. The molecule has 0 aliphatic rings.